The number of alkyl halides is 1. The molecule has 0 aliphatic heterocycles. The Morgan fingerprint density at radius 2 is 2.20 bits per heavy atom. The lowest BCUT2D eigenvalue weighted by Crippen LogP contribution is -2.02. The van der Waals surface area contributed by atoms with Gasteiger partial charge in [0.15, 0.2) is 5.78 Å². The summed E-state index contributed by atoms with van der Waals surface area (Å²) in [5.41, 5.74) is -0.346. The van der Waals surface area contributed by atoms with Crippen molar-refractivity contribution in [1.29, 1.82) is 0 Å². The topological polar surface area (TPSA) is 80.4 Å². The maximum absolute atomic E-state index is 11.2. The number of Topliss-reactive ketones (excluding diaryl/α,β-unsaturated/α-hetero) is 1. The van der Waals surface area contributed by atoms with E-state index in [2.05, 4.69) is 15.9 Å². The van der Waals surface area contributed by atoms with E-state index in [0.717, 1.165) is 6.07 Å². The van der Waals surface area contributed by atoms with Crippen LogP contribution in [0.2, 0.25) is 0 Å². The number of rotatable bonds is 3. The van der Waals surface area contributed by atoms with Gasteiger partial charge >= 0.3 is 5.69 Å². The van der Waals surface area contributed by atoms with Crippen LogP contribution in [0.1, 0.15) is 10.4 Å². The van der Waals surface area contributed by atoms with E-state index in [1.807, 2.05) is 0 Å². The van der Waals surface area contributed by atoms with Crippen molar-refractivity contribution in [2.45, 2.75) is 0 Å². The predicted octanol–water partition coefficient (Wildman–Crippen LogP) is 2.48. The Bertz CT molecular complexity index is 435. The van der Waals surface area contributed by atoms with E-state index in [-0.39, 0.29) is 15.9 Å². The highest BCUT2D eigenvalue weighted by atomic mass is 79.9. The van der Waals surface area contributed by atoms with Crippen molar-refractivity contribution in [3.8, 4) is 5.75 Å². The van der Waals surface area contributed by atoms with Crippen LogP contribution in [0.3, 0.4) is 0 Å². The maximum atomic E-state index is 11.2. The molecule has 0 atom stereocenters. The van der Waals surface area contributed by atoms with Gasteiger partial charge < -0.3 is 5.11 Å². The van der Waals surface area contributed by atoms with E-state index >= 15 is 0 Å². The molecule has 0 aliphatic carbocycles. The Morgan fingerprint density at radius 3 is 2.67 bits per heavy atom. The molecule has 1 N–H and O–H groups in total. The maximum Gasteiger partial charge on any atom is 0.311 e. The van der Waals surface area contributed by atoms with Gasteiger partial charge in [0.25, 0.3) is 0 Å². The smallest absolute Gasteiger partial charge is 0.311 e. The standard InChI is InChI=1S/C8H5BrClNO4/c9-7-4(6(12)3-10)1-2-5(8(7)13)11(14)15/h1-2,13H,3H2. The number of halogens is 2. The third-order valence-electron chi connectivity index (χ3n) is 1.71. The number of nitro groups is 1. The first-order valence-electron chi connectivity index (χ1n) is 3.74. The fourth-order valence-corrected chi connectivity index (χ4v) is 1.69. The number of carbonyl (C=O) groups is 1. The third kappa shape index (κ3) is 2.27. The predicted molar refractivity (Wildman–Crippen MR) is 57.5 cm³/mol. The van der Waals surface area contributed by atoms with Gasteiger partial charge in [0.05, 0.1) is 15.3 Å². The number of benzene rings is 1. The number of hydrogen-bond acceptors (Lipinski definition) is 4. The Labute approximate surface area is 97.9 Å². The van der Waals surface area contributed by atoms with Crippen LogP contribution in [0.5, 0.6) is 5.75 Å². The molecule has 1 aromatic carbocycles. The fourth-order valence-electron chi connectivity index (χ4n) is 0.989. The van der Waals surface area contributed by atoms with E-state index in [4.69, 9.17) is 11.6 Å². The SMILES string of the molecule is O=C(CCl)c1ccc([N+](=O)[O-])c(O)c1Br. The van der Waals surface area contributed by atoms with Crippen LogP contribution in [-0.4, -0.2) is 21.7 Å². The van der Waals surface area contributed by atoms with Gasteiger partial charge in [-0.1, -0.05) is 0 Å². The van der Waals surface area contributed by atoms with Gasteiger partial charge in [-0.05, 0) is 22.0 Å². The lowest BCUT2D eigenvalue weighted by Gasteiger charge is -2.03. The average molecular weight is 294 g/mol. The highest BCUT2D eigenvalue weighted by Gasteiger charge is 2.21. The molecule has 0 unspecified atom stereocenters. The van der Waals surface area contributed by atoms with Crippen LogP contribution in [0, 0.1) is 10.1 Å². The summed E-state index contributed by atoms with van der Waals surface area (Å²) in [6.07, 6.45) is 0. The molecular formula is C8H5BrClNO4. The molecule has 7 heteroatoms. The van der Waals surface area contributed by atoms with E-state index in [1.54, 1.807) is 0 Å². The summed E-state index contributed by atoms with van der Waals surface area (Å²) in [7, 11) is 0. The summed E-state index contributed by atoms with van der Waals surface area (Å²) in [6, 6.07) is 2.30. The van der Waals surface area contributed by atoms with Gasteiger partial charge in [-0.3, -0.25) is 14.9 Å². The van der Waals surface area contributed by atoms with Crippen molar-refractivity contribution < 1.29 is 14.8 Å². The molecule has 1 aromatic rings. The zero-order chi connectivity index (χ0) is 11.6. The van der Waals surface area contributed by atoms with E-state index < -0.39 is 22.1 Å². The normalized spacial score (nSPS) is 10.0. The highest BCUT2D eigenvalue weighted by molar-refractivity contribution is 9.10. The Balaban J connectivity index is 3.33. The Hall–Kier alpha value is -1.14. The lowest BCUT2D eigenvalue weighted by molar-refractivity contribution is -0.385. The minimum Gasteiger partial charge on any atom is -0.501 e. The largest absolute Gasteiger partial charge is 0.501 e. The molecule has 0 amide bonds. The second-order valence-corrected chi connectivity index (χ2v) is 3.67. The number of phenols is 1. The number of carbonyl (C=O) groups excluding carboxylic acids is 1. The second-order valence-electron chi connectivity index (χ2n) is 2.61. The van der Waals surface area contributed by atoms with Gasteiger partial charge in [0.1, 0.15) is 0 Å². The van der Waals surface area contributed by atoms with Gasteiger partial charge in [-0.2, -0.15) is 0 Å². The van der Waals surface area contributed by atoms with Crippen molar-refractivity contribution in [2.75, 3.05) is 5.88 Å². The first-order chi connectivity index (χ1) is 6.99. The molecule has 80 valence electrons. The van der Waals surface area contributed by atoms with Gasteiger partial charge in [-0.15, -0.1) is 11.6 Å². The van der Waals surface area contributed by atoms with Crippen molar-refractivity contribution in [1.82, 2.24) is 0 Å². The zero-order valence-corrected chi connectivity index (χ0v) is 9.58. The number of hydrogen-bond donors (Lipinski definition) is 1. The van der Waals surface area contributed by atoms with Crippen LogP contribution in [0.15, 0.2) is 16.6 Å². The van der Waals surface area contributed by atoms with Crippen LogP contribution in [-0.2, 0) is 0 Å². The molecule has 0 heterocycles. The average Bonchev–Trinajstić information content (AvgIpc) is 2.20. The van der Waals surface area contributed by atoms with Crippen LogP contribution in [0.25, 0.3) is 0 Å². The van der Waals surface area contributed by atoms with Crippen LogP contribution >= 0.6 is 27.5 Å². The number of aromatic hydroxyl groups is 1. The Morgan fingerprint density at radius 1 is 1.60 bits per heavy atom. The lowest BCUT2D eigenvalue weighted by atomic mass is 10.1. The minimum atomic E-state index is -0.741. The number of nitro benzene ring substituents is 1. The summed E-state index contributed by atoms with van der Waals surface area (Å²) in [4.78, 5) is 20.9. The van der Waals surface area contributed by atoms with Crippen LogP contribution in [0.4, 0.5) is 5.69 Å². The van der Waals surface area contributed by atoms with E-state index in [1.165, 1.54) is 6.07 Å². The Kier molecular flexibility index (Phi) is 3.65. The molecule has 15 heavy (non-hydrogen) atoms. The summed E-state index contributed by atoms with van der Waals surface area (Å²) in [6.45, 7) is 0. The van der Waals surface area contributed by atoms with Crippen molar-refractivity contribution >= 4 is 39.0 Å². The summed E-state index contributed by atoms with van der Waals surface area (Å²) < 4.78 is -0.0117. The number of nitrogens with zero attached hydrogens (tertiary/aromatic N) is 1. The molecule has 0 radical (unpaired) electrons. The molecule has 0 saturated heterocycles. The molecular weight excluding hydrogens is 289 g/mol. The molecule has 0 saturated carbocycles. The summed E-state index contributed by atoms with van der Waals surface area (Å²) in [5, 5.41) is 19.8. The summed E-state index contributed by atoms with van der Waals surface area (Å²) >= 11 is 8.23. The molecule has 0 fully saturated rings. The van der Waals surface area contributed by atoms with Gasteiger partial charge in [-0.25, -0.2) is 0 Å². The number of phenolic OH excluding ortho intramolecular Hbond substituents is 1. The first kappa shape index (κ1) is 11.9. The van der Waals surface area contributed by atoms with E-state index in [9.17, 15) is 20.0 Å². The minimum absolute atomic E-state index is 0.0117. The molecule has 5 nitrogen and oxygen atoms in total. The van der Waals surface area contributed by atoms with Gasteiger partial charge in [0, 0.05) is 11.6 Å². The monoisotopic (exact) mass is 293 g/mol. The van der Waals surface area contributed by atoms with Crippen LogP contribution < -0.4 is 0 Å². The number of ketones is 1. The molecule has 0 bridgehead atoms. The quantitative estimate of drug-likeness (QED) is 0.402. The zero-order valence-electron chi connectivity index (χ0n) is 7.24. The van der Waals surface area contributed by atoms with Gasteiger partial charge in [0.2, 0.25) is 5.75 Å². The van der Waals surface area contributed by atoms with Crippen molar-refractivity contribution in [2.24, 2.45) is 0 Å². The third-order valence-corrected chi connectivity index (χ3v) is 2.76. The molecule has 1 rings (SSSR count). The first-order valence-corrected chi connectivity index (χ1v) is 5.06. The highest BCUT2D eigenvalue weighted by Crippen LogP contribution is 2.36. The fraction of sp³-hybridized carbons (Fsp3) is 0.125. The molecule has 0 spiro atoms. The van der Waals surface area contributed by atoms with Crippen molar-refractivity contribution in [3.63, 3.8) is 0 Å². The van der Waals surface area contributed by atoms with E-state index in [0.29, 0.717) is 0 Å². The molecule has 0 aliphatic rings. The summed E-state index contributed by atoms with van der Waals surface area (Å²) in [5.74, 6) is -1.25. The van der Waals surface area contributed by atoms with Crippen molar-refractivity contribution in [3.05, 3.63) is 32.3 Å². The second kappa shape index (κ2) is 4.59. The molecule has 0 aromatic heterocycles.